The molecule has 0 saturated carbocycles. The van der Waals surface area contributed by atoms with Crippen LogP contribution < -0.4 is 19.9 Å². The van der Waals surface area contributed by atoms with Gasteiger partial charge in [-0.2, -0.15) is 0 Å². The zero-order valence-electron chi connectivity index (χ0n) is 20.3. The second-order valence-corrected chi connectivity index (χ2v) is 5.52. The number of aliphatic hydroxyl groups excluding tert-OH is 1. The highest BCUT2D eigenvalue weighted by atomic mass is 16.5. The van der Waals surface area contributed by atoms with Crippen LogP contribution in [0, 0.1) is 17.3 Å². The van der Waals surface area contributed by atoms with Crippen molar-refractivity contribution < 1.29 is 28.8 Å². The van der Waals surface area contributed by atoms with Crippen LogP contribution in [0.25, 0.3) is 0 Å². The van der Waals surface area contributed by atoms with Gasteiger partial charge in [-0.25, -0.2) is 0 Å². The van der Waals surface area contributed by atoms with E-state index in [9.17, 15) is 4.79 Å². The number of methoxy groups -OCH3 is 4. The summed E-state index contributed by atoms with van der Waals surface area (Å²) in [6.45, 7) is 6.02. The first kappa shape index (κ1) is 30.9. The number of rotatable bonds is 10. The van der Waals surface area contributed by atoms with E-state index >= 15 is 0 Å². The molecule has 1 aromatic carbocycles. The van der Waals surface area contributed by atoms with Crippen molar-refractivity contribution in [1.82, 2.24) is 0 Å². The van der Waals surface area contributed by atoms with Crippen LogP contribution in [0.3, 0.4) is 0 Å². The van der Waals surface area contributed by atoms with Crippen molar-refractivity contribution in [2.45, 2.75) is 27.2 Å². The Morgan fingerprint density at radius 1 is 1.09 bits per heavy atom. The first-order chi connectivity index (χ1) is 15.4. The Kier molecular flexibility index (Phi) is 17.9. The number of ether oxygens (including phenoxy) is 4. The van der Waals surface area contributed by atoms with Crippen LogP contribution in [0.1, 0.15) is 37.6 Å². The molecule has 0 unspecified atom stereocenters. The Morgan fingerprint density at radius 3 is 2.03 bits per heavy atom. The molecular weight excluding hydrogens is 412 g/mol. The lowest BCUT2D eigenvalue weighted by molar-refractivity contribution is 0.106. The van der Waals surface area contributed by atoms with Crippen LogP contribution >= 0.6 is 0 Å². The molecule has 1 rings (SSSR count). The number of hydrogen-bond acceptors (Lipinski definition) is 8. The zero-order valence-corrected chi connectivity index (χ0v) is 20.3. The van der Waals surface area contributed by atoms with Gasteiger partial charge in [0.25, 0.3) is 0 Å². The van der Waals surface area contributed by atoms with Crippen LogP contribution in [-0.2, 0) is 4.74 Å². The van der Waals surface area contributed by atoms with E-state index in [1.54, 1.807) is 26.2 Å². The van der Waals surface area contributed by atoms with Crippen molar-refractivity contribution in [2.24, 2.45) is 5.73 Å². The van der Waals surface area contributed by atoms with Crippen molar-refractivity contribution in [3.8, 4) is 29.1 Å². The first-order valence-corrected chi connectivity index (χ1v) is 9.87. The van der Waals surface area contributed by atoms with Crippen LogP contribution in [-0.4, -0.2) is 58.8 Å². The topological polar surface area (TPSA) is 124 Å². The van der Waals surface area contributed by atoms with Gasteiger partial charge in [0.1, 0.15) is 5.71 Å². The summed E-state index contributed by atoms with van der Waals surface area (Å²) in [5, 5.41) is 15.4. The fraction of sp³-hybridized carbons (Fsp3) is 0.417. The van der Waals surface area contributed by atoms with Gasteiger partial charge in [0, 0.05) is 37.5 Å². The highest BCUT2D eigenvalue weighted by Gasteiger charge is 2.22. The molecule has 8 nitrogen and oxygen atoms in total. The fourth-order valence-electron chi connectivity index (χ4n) is 2.37. The average molecular weight is 449 g/mol. The smallest absolute Gasteiger partial charge is 0.211 e. The molecule has 8 heteroatoms. The summed E-state index contributed by atoms with van der Waals surface area (Å²) < 4.78 is 20.8. The number of ketones is 1. The van der Waals surface area contributed by atoms with Crippen molar-refractivity contribution in [3.05, 3.63) is 41.1 Å². The lowest BCUT2D eigenvalue weighted by Gasteiger charge is -2.14. The van der Waals surface area contributed by atoms with Crippen LogP contribution in [0.4, 0.5) is 0 Å². The van der Waals surface area contributed by atoms with Gasteiger partial charge in [0.2, 0.25) is 11.5 Å². The van der Waals surface area contributed by atoms with Gasteiger partial charge in [0.05, 0.1) is 27.9 Å². The maximum atomic E-state index is 13.0. The highest BCUT2D eigenvalue weighted by molar-refractivity contribution is 6.51. The molecule has 0 bridgehead atoms. The van der Waals surface area contributed by atoms with Crippen LogP contribution in [0.2, 0.25) is 0 Å². The minimum atomic E-state index is -0.538. The van der Waals surface area contributed by atoms with E-state index in [1.807, 2.05) is 13.8 Å². The number of nitrogens with two attached hydrogens (primary N) is 1. The lowest BCUT2D eigenvalue weighted by atomic mass is 9.97. The van der Waals surface area contributed by atoms with Gasteiger partial charge in [-0.15, -0.1) is 5.92 Å². The van der Waals surface area contributed by atoms with Crippen LogP contribution in [0.5, 0.6) is 17.2 Å². The molecule has 0 saturated heterocycles. The predicted molar refractivity (Wildman–Crippen MR) is 128 cm³/mol. The number of nitrogens with one attached hydrogen (secondary N) is 1. The summed E-state index contributed by atoms with van der Waals surface area (Å²) in [6, 6.07) is 2.99. The maximum absolute atomic E-state index is 13.0. The monoisotopic (exact) mass is 448 g/mol. The Bertz CT molecular complexity index is 823. The average Bonchev–Trinajstić information content (AvgIpc) is 2.85. The van der Waals surface area contributed by atoms with Gasteiger partial charge in [-0.1, -0.05) is 31.9 Å². The number of carbonyl (C=O) groups is 1. The Morgan fingerprint density at radius 2 is 1.62 bits per heavy atom. The van der Waals surface area contributed by atoms with E-state index in [2.05, 4.69) is 11.8 Å². The molecule has 178 valence electrons. The third-order valence-corrected chi connectivity index (χ3v) is 3.77. The molecule has 4 N–H and O–H groups in total. The maximum Gasteiger partial charge on any atom is 0.211 e. The first-order valence-electron chi connectivity index (χ1n) is 9.87. The van der Waals surface area contributed by atoms with E-state index in [0.29, 0.717) is 35.1 Å². The van der Waals surface area contributed by atoms with Gasteiger partial charge in [0.15, 0.2) is 11.5 Å². The van der Waals surface area contributed by atoms with E-state index < -0.39 is 5.78 Å². The molecule has 0 heterocycles. The standard InChI is InChI=1S/C21H26N2O5.C2H6.CH4O/c1-6-7-10-16(22)15(9-8-11-25-2)19(23)20(24)14-12-17(26-3)21(28-5)18(13-14)27-4;2*1-2/h8-9,12-13,23H,10-11,22H2,1-5H3;1-2H3;2H,1H3/b9-8-,16-15-,23-19?;;. The second kappa shape index (κ2) is 18.5. The summed E-state index contributed by atoms with van der Waals surface area (Å²) in [5.41, 5.74) is 6.65. The zero-order chi connectivity index (χ0) is 25.1. The predicted octanol–water partition coefficient (Wildman–Crippen LogP) is 3.38. The lowest BCUT2D eigenvalue weighted by Crippen LogP contribution is -2.19. The summed E-state index contributed by atoms with van der Waals surface area (Å²) in [4.78, 5) is 13.0. The second-order valence-electron chi connectivity index (χ2n) is 5.52. The number of allylic oxidation sites excluding steroid dienone is 3. The molecular formula is C24H36N2O6. The number of aliphatic hydroxyl groups is 1. The molecule has 32 heavy (non-hydrogen) atoms. The van der Waals surface area contributed by atoms with E-state index in [-0.39, 0.29) is 17.7 Å². The largest absolute Gasteiger partial charge is 0.493 e. The van der Waals surface area contributed by atoms with Crippen molar-refractivity contribution >= 4 is 11.5 Å². The molecule has 0 aliphatic carbocycles. The summed E-state index contributed by atoms with van der Waals surface area (Å²) >= 11 is 0. The summed E-state index contributed by atoms with van der Waals surface area (Å²) in [6.07, 6.45) is 3.51. The van der Waals surface area contributed by atoms with Crippen molar-refractivity contribution in [2.75, 3.05) is 42.2 Å². The van der Waals surface area contributed by atoms with Crippen molar-refractivity contribution in [3.63, 3.8) is 0 Å². The normalized spacial score (nSPS) is 10.3. The number of Topliss-reactive ketones (excluding diaryl/α,β-unsaturated/α-hetero) is 1. The molecule has 0 aliphatic rings. The highest BCUT2D eigenvalue weighted by Crippen LogP contribution is 2.38. The fourth-order valence-corrected chi connectivity index (χ4v) is 2.37. The number of hydrogen-bond donors (Lipinski definition) is 3. The molecule has 0 aromatic heterocycles. The van der Waals surface area contributed by atoms with Gasteiger partial charge >= 0.3 is 0 Å². The molecule has 0 atom stereocenters. The Labute approximate surface area is 191 Å². The molecule has 0 aliphatic heterocycles. The molecule has 0 radical (unpaired) electrons. The SMILES string of the molecule is CC.CC#CC/C(N)=C(\C=C/COC)C(=N)C(=O)c1cc(OC)c(OC)c(OC)c1.CO. The van der Waals surface area contributed by atoms with E-state index in [4.69, 9.17) is 35.2 Å². The molecule has 0 fully saturated rings. The van der Waals surface area contributed by atoms with Gasteiger partial charge in [-0.3, -0.25) is 10.2 Å². The van der Waals surface area contributed by atoms with Gasteiger partial charge < -0.3 is 29.8 Å². The molecule has 0 amide bonds. The third kappa shape index (κ3) is 9.25. The minimum Gasteiger partial charge on any atom is -0.493 e. The van der Waals surface area contributed by atoms with Gasteiger partial charge in [-0.05, 0) is 19.1 Å². The Hall–Kier alpha value is -3.28. The molecule has 1 aromatic rings. The quantitative estimate of drug-likeness (QED) is 0.217. The third-order valence-electron chi connectivity index (χ3n) is 3.77. The van der Waals surface area contributed by atoms with Crippen LogP contribution in [0.15, 0.2) is 35.6 Å². The molecule has 0 spiro atoms. The summed E-state index contributed by atoms with van der Waals surface area (Å²) in [5.74, 6) is 6.06. The Balaban J connectivity index is 0. The van der Waals surface area contributed by atoms with E-state index in [1.165, 1.54) is 33.5 Å². The number of carbonyl (C=O) groups excluding carboxylic acids is 1. The summed E-state index contributed by atoms with van der Waals surface area (Å²) in [7, 11) is 6.93. The minimum absolute atomic E-state index is 0.214. The van der Waals surface area contributed by atoms with Crippen molar-refractivity contribution in [1.29, 1.82) is 5.41 Å². The number of benzene rings is 1. The van der Waals surface area contributed by atoms with E-state index in [0.717, 1.165) is 7.11 Å².